The molecule has 4 rings (SSSR count). The SMILES string of the molecule is C[C@@H]1CN(c2nc(=O)n3c4c(c(Br)c(Cl)cc24)OCCC3)[C@@H](C)CN1C(=O)OC(C)(C)C. The number of halogens is 2. The predicted molar refractivity (Wildman–Crippen MR) is 128 cm³/mol. The van der Waals surface area contributed by atoms with E-state index in [1.54, 1.807) is 9.47 Å². The second kappa shape index (κ2) is 8.41. The van der Waals surface area contributed by atoms with Crippen molar-refractivity contribution in [3.05, 3.63) is 26.0 Å². The molecule has 10 heteroatoms. The fourth-order valence-electron chi connectivity index (χ4n) is 4.29. The van der Waals surface area contributed by atoms with Gasteiger partial charge in [-0.15, -0.1) is 0 Å². The molecular formula is C22H28BrClN4O4. The molecule has 1 aromatic heterocycles. The van der Waals surface area contributed by atoms with Crippen LogP contribution in [0.2, 0.25) is 5.02 Å². The summed E-state index contributed by atoms with van der Waals surface area (Å²) in [6.07, 6.45) is 0.370. The largest absolute Gasteiger partial charge is 0.490 e. The van der Waals surface area contributed by atoms with Gasteiger partial charge in [0.2, 0.25) is 0 Å². The van der Waals surface area contributed by atoms with E-state index in [2.05, 4.69) is 25.8 Å². The Morgan fingerprint density at radius 2 is 2.00 bits per heavy atom. The van der Waals surface area contributed by atoms with Gasteiger partial charge < -0.3 is 19.3 Å². The van der Waals surface area contributed by atoms with Crippen LogP contribution in [-0.2, 0) is 11.3 Å². The van der Waals surface area contributed by atoms with Crippen molar-refractivity contribution in [2.45, 2.75) is 65.3 Å². The molecule has 1 amide bonds. The number of piperazine rings is 1. The zero-order chi connectivity index (χ0) is 23.4. The zero-order valence-electron chi connectivity index (χ0n) is 18.9. The van der Waals surface area contributed by atoms with Gasteiger partial charge in [-0.05, 0) is 63.0 Å². The van der Waals surface area contributed by atoms with Gasteiger partial charge in [-0.1, -0.05) is 11.6 Å². The van der Waals surface area contributed by atoms with Gasteiger partial charge in [-0.25, -0.2) is 9.59 Å². The predicted octanol–water partition coefficient (Wildman–Crippen LogP) is 4.43. The summed E-state index contributed by atoms with van der Waals surface area (Å²) in [7, 11) is 0. The van der Waals surface area contributed by atoms with Crippen molar-refractivity contribution in [3.63, 3.8) is 0 Å². The van der Waals surface area contributed by atoms with E-state index in [4.69, 9.17) is 21.1 Å². The molecule has 0 saturated carbocycles. The van der Waals surface area contributed by atoms with Crippen molar-refractivity contribution >= 4 is 50.3 Å². The number of ether oxygens (including phenoxy) is 2. The van der Waals surface area contributed by atoms with Crippen LogP contribution in [0.5, 0.6) is 5.75 Å². The molecule has 2 aliphatic heterocycles. The van der Waals surface area contributed by atoms with E-state index in [0.29, 0.717) is 59.2 Å². The molecule has 2 aromatic rings. The van der Waals surface area contributed by atoms with Gasteiger partial charge in [-0.2, -0.15) is 4.98 Å². The molecule has 8 nitrogen and oxygen atoms in total. The number of carbonyl (C=O) groups is 1. The fraction of sp³-hybridized carbons (Fsp3) is 0.591. The first kappa shape index (κ1) is 23.2. The van der Waals surface area contributed by atoms with Crippen LogP contribution in [0.4, 0.5) is 10.6 Å². The number of aryl methyl sites for hydroxylation is 1. The first-order valence-electron chi connectivity index (χ1n) is 10.8. The highest BCUT2D eigenvalue weighted by Crippen LogP contribution is 2.42. The van der Waals surface area contributed by atoms with Gasteiger partial charge in [0.15, 0.2) is 5.75 Å². The van der Waals surface area contributed by atoms with E-state index in [0.717, 1.165) is 5.39 Å². The Morgan fingerprint density at radius 1 is 1.28 bits per heavy atom. The van der Waals surface area contributed by atoms with Crippen LogP contribution in [0.3, 0.4) is 0 Å². The lowest BCUT2D eigenvalue weighted by atomic mass is 10.1. The number of rotatable bonds is 1. The van der Waals surface area contributed by atoms with Crippen molar-refractivity contribution in [2.75, 3.05) is 24.6 Å². The topological polar surface area (TPSA) is 76.9 Å². The number of amides is 1. The molecule has 3 heterocycles. The van der Waals surface area contributed by atoms with E-state index in [1.165, 1.54) is 0 Å². The molecular weight excluding hydrogens is 500 g/mol. The highest BCUT2D eigenvalue weighted by atomic mass is 79.9. The summed E-state index contributed by atoms with van der Waals surface area (Å²) in [6.45, 7) is 11.5. The van der Waals surface area contributed by atoms with E-state index in [1.807, 2.05) is 40.7 Å². The molecule has 0 aliphatic carbocycles. The average Bonchev–Trinajstić information content (AvgIpc) is 2.92. The molecule has 0 radical (unpaired) electrons. The maximum Gasteiger partial charge on any atom is 0.410 e. The third-order valence-corrected chi connectivity index (χ3v) is 7.07. The lowest BCUT2D eigenvalue weighted by Crippen LogP contribution is -2.59. The molecule has 174 valence electrons. The Balaban J connectivity index is 1.77. The summed E-state index contributed by atoms with van der Waals surface area (Å²) in [5.41, 5.74) is -0.183. The van der Waals surface area contributed by atoms with Crippen molar-refractivity contribution in [2.24, 2.45) is 0 Å². The third-order valence-electron chi connectivity index (χ3n) is 5.75. The van der Waals surface area contributed by atoms with Crippen LogP contribution in [-0.4, -0.2) is 57.9 Å². The monoisotopic (exact) mass is 526 g/mol. The van der Waals surface area contributed by atoms with Crippen LogP contribution in [0.15, 0.2) is 15.3 Å². The number of benzene rings is 1. The minimum Gasteiger partial charge on any atom is -0.490 e. The zero-order valence-corrected chi connectivity index (χ0v) is 21.3. The quantitative estimate of drug-likeness (QED) is 0.546. The van der Waals surface area contributed by atoms with Crippen molar-refractivity contribution in [3.8, 4) is 5.75 Å². The van der Waals surface area contributed by atoms with Crippen LogP contribution >= 0.6 is 27.5 Å². The number of hydrogen-bond donors (Lipinski definition) is 0. The number of aromatic nitrogens is 2. The van der Waals surface area contributed by atoms with E-state index < -0.39 is 5.60 Å². The summed E-state index contributed by atoms with van der Waals surface area (Å²) in [6, 6.07) is 1.62. The summed E-state index contributed by atoms with van der Waals surface area (Å²) < 4.78 is 13.8. The molecule has 1 aromatic carbocycles. The molecule has 32 heavy (non-hydrogen) atoms. The maximum atomic E-state index is 13.0. The first-order valence-corrected chi connectivity index (χ1v) is 12.0. The van der Waals surface area contributed by atoms with Crippen molar-refractivity contribution in [1.82, 2.24) is 14.5 Å². The van der Waals surface area contributed by atoms with Gasteiger partial charge in [0.05, 0.1) is 21.6 Å². The molecule has 1 saturated heterocycles. The fourth-order valence-corrected chi connectivity index (χ4v) is 4.90. The number of anilines is 1. The van der Waals surface area contributed by atoms with Crippen LogP contribution in [0, 0.1) is 0 Å². The van der Waals surface area contributed by atoms with Crippen molar-refractivity contribution < 1.29 is 14.3 Å². The normalized spacial score (nSPS) is 21.3. The van der Waals surface area contributed by atoms with E-state index in [9.17, 15) is 9.59 Å². The van der Waals surface area contributed by atoms with Crippen LogP contribution in [0.1, 0.15) is 41.0 Å². The Kier molecular flexibility index (Phi) is 6.09. The van der Waals surface area contributed by atoms with Gasteiger partial charge in [0.25, 0.3) is 0 Å². The lowest BCUT2D eigenvalue weighted by molar-refractivity contribution is 0.0130. The van der Waals surface area contributed by atoms with Gasteiger partial charge in [0, 0.05) is 37.1 Å². The molecule has 1 fully saturated rings. The maximum absolute atomic E-state index is 13.0. The summed E-state index contributed by atoms with van der Waals surface area (Å²) in [5, 5.41) is 1.26. The number of hydrogen-bond acceptors (Lipinski definition) is 6. The van der Waals surface area contributed by atoms with E-state index in [-0.39, 0.29) is 23.9 Å². The Bertz CT molecular complexity index is 1130. The molecule has 0 bridgehead atoms. The average molecular weight is 528 g/mol. The molecule has 0 N–H and O–H groups in total. The van der Waals surface area contributed by atoms with Crippen molar-refractivity contribution in [1.29, 1.82) is 0 Å². The number of carbonyl (C=O) groups excluding carboxylic acids is 1. The van der Waals surface area contributed by atoms with Crippen LogP contribution < -0.4 is 15.3 Å². The smallest absolute Gasteiger partial charge is 0.410 e. The molecule has 2 atom stereocenters. The summed E-state index contributed by atoms with van der Waals surface area (Å²) in [5.74, 6) is 1.13. The third kappa shape index (κ3) is 4.17. The molecule has 2 aliphatic rings. The molecule has 0 unspecified atom stereocenters. The summed E-state index contributed by atoms with van der Waals surface area (Å²) >= 11 is 10.0. The Hall–Kier alpha value is -2.00. The second-order valence-electron chi connectivity index (χ2n) is 9.45. The van der Waals surface area contributed by atoms with Gasteiger partial charge in [0.1, 0.15) is 11.4 Å². The van der Waals surface area contributed by atoms with Crippen LogP contribution in [0.25, 0.3) is 10.9 Å². The first-order chi connectivity index (χ1) is 15.0. The van der Waals surface area contributed by atoms with E-state index >= 15 is 0 Å². The lowest BCUT2D eigenvalue weighted by Gasteiger charge is -2.45. The summed E-state index contributed by atoms with van der Waals surface area (Å²) in [4.78, 5) is 34.0. The van der Waals surface area contributed by atoms with Gasteiger partial charge >= 0.3 is 11.8 Å². The Labute approximate surface area is 200 Å². The second-order valence-corrected chi connectivity index (χ2v) is 10.7. The highest BCUT2D eigenvalue weighted by Gasteiger charge is 2.36. The number of nitrogens with zero attached hydrogens (tertiary/aromatic N) is 4. The van der Waals surface area contributed by atoms with Gasteiger partial charge in [-0.3, -0.25) is 4.57 Å². The molecule has 0 spiro atoms. The Morgan fingerprint density at radius 3 is 2.69 bits per heavy atom. The highest BCUT2D eigenvalue weighted by molar-refractivity contribution is 9.10. The minimum atomic E-state index is -0.563. The minimum absolute atomic E-state index is 0.0819. The standard InChI is InChI=1S/C22H28BrClN4O4/c1-12-11-28(21(30)32-22(3,4)5)13(2)10-27(12)19-14-9-15(24)16(23)18-17(14)26(20(29)25-19)7-6-8-31-18/h9,12-13H,6-8,10-11H2,1-5H3/t12-,13+/m0/s1.